The largest absolute Gasteiger partial charge is 0.497 e. The minimum atomic E-state index is -0.507. The van der Waals surface area contributed by atoms with Crippen LogP contribution in [0.5, 0.6) is 5.75 Å². The SMILES string of the molecule is COc1ccc(-c2csc(NC(=O)C(Sc3ccc(NC(=O)c4ccc5ccccc5c4)cc3)c3ccccc3)n2)cc1. The molecule has 0 bridgehead atoms. The zero-order valence-corrected chi connectivity index (χ0v) is 24.8. The Balaban J connectivity index is 1.15. The van der Waals surface area contributed by atoms with Gasteiger partial charge in [-0.15, -0.1) is 23.1 Å². The van der Waals surface area contributed by atoms with E-state index in [1.165, 1.54) is 23.1 Å². The normalized spacial score (nSPS) is 11.6. The van der Waals surface area contributed by atoms with Gasteiger partial charge in [0.1, 0.15) is 11.0 Å². The number of hydrogen-bond acceptors (Lipinski definition) is 6. The number of aromatic nitrogens is 1. The summed E-state index contributed by atoms with van der Waals surface area (Å²) in [6.45, 7) is 0. The van der Waals surface area contributed by atoms with Crippen LogP contribution in [0.4, 0.5) is 10.8 Å². The molecule has 6 aromatic rings. The molecule has 1 atom stereocenters. The van der Waals surface area contributed by atoms with E-state index in [-0.39, 0.29) is 11.8 Å². The van der Waals surface area contributed by atoms with Gasteiger partial charge >= 0.3 is 0 Å². The lowest BCUT2D eigenvalue weighted by atomic mass is 10.1. The number of carbonyl (C=O) groups excluding carboxylic acids is 2. The number of benzene rings is 5. The van der Waals surface area contributed by atoms with E-state index in [1.54, 1.807) is 7.11 Å². The average molecular weight is 602 g/mol. The summed E-state index contributed by atoms with van der Waals surface area (Å²) in [5.41, 5.74) is 3.88. The zero-order chi connectivity index (χ0) is 29.6. The van der Waals surface area contributed by atoms with Gasteiger partial charge in [0, 0.05) is 27.1 Å². The van der Waals surface area contributed by atoms with Gasteiger partial charge in [0.25, 0.3) is 5.91 Å². The third kappa shape index (κ3) is 6.77. The zero-order valence-electron chi connectivity index (χ0n) is 23.2. The van der Waals surface area contributed by atoms with Gasteiger partial charge in [-0.1, -0.05) is 60.7 Å². The van der Waals surface area contributed by atoms with E-state index in [9.17, 15) is 9.59 Å². The van der Waals surface area contributed by atoms with Crippen LogP contribution in [0.15, 0.2) is 132 Å². The number of carbonyl (C=O) groups is 2. The smallest absolute Gasteiger partial charge is 0.255 e. The summed E-state index contributed by atoms with van der Waals surface area (Å²) in [5, 5.41) is 10.0. The summed E-state index contributed by atoms with van der Waals surface area (Å²) >= 11 is 2.82. The van der Waals surface area contributed by atoms with Crippen molar-refractivity contribution in [1.82, 2.24) is 4.98 Å². The number of hydrogen-bond donors (Lipinski definition) is 2. The van der Waals surface area contributed by atoms with E-state index in [4.69, 9.17) is 4.74 Å². The number of rotatable bonds is 9. The van der Waals surface area contributed by atoms with E-state index in [1.807, 2.05) is 127 Å². The van der Waals surface area contributed by atoms with Gasteiger partial charge < -0.3 is 15.4 Å². The maximum Gasteiger partial charge on any atom is 0.255 e. The first kappa shape index (κ1) is 28.2. The molecule has 0 radical (unpaired) electrons. The van der Waals surface area contributed by atoms with Crippen LogP contribution in [0.2, 0.25) is 0 Å². The highest BCUT2D eigenvalue weighted by Gasteiger charge is 2.23. The molecule has 0 saturated heterocycles. The van der Waals surface area contributed by atoms with Crippen molar-refractivity contribution in [2.24, 2.45) is 0 Å². The van der Waals surface area contributed by atoms with Gasteiger partial charge in [0.2, 0.25) is 5.91 Å². The monoisotopic (exact) mass is 601 g/mol. The van der Waals surface area contributed by atoms with E-state index in [2.05, 4.69) is 15.6 Å². The van der Waals surface area contributed by atoms with Crippen molar-refractivity contribution in [3.05, 3.63) is 138 Å². The number of anilines is 2. The molecule has 0 aliphatic carbocycles. The maximum atomic E-state index is 13.6. The summed E-state index contributed by atoms with van der Waals surface area (Å²) in [7, 11) is 1.63. The van der Waals surface area contributed by atoms with Crippen molar-refractivity contribution in [2.45, 2.75) is 10.1 Å². The van der Waals surface area contributed by atoms with Gasteiger partial charge in [0.15, 0.2) is 5.13 Å². The predicted octanol–water partition coefficient (Wildman–Crippen LogP) is 8.70. The predicted molar refractivity (Wildman–Crippen MR) is 176 cm³/mol. The highest BCUT2D eigenvalue weighted by molar-refractivity contribution is 8.00. The van der Waals surface area contributed by atoms with Crippen molar-refractivity contribution < 1.29 is 14.3 Å². The van der Waals surface area contributed by atoms with E-state index in [0.717, 1.165) is 38.2 Å². The molecule has 0 fully saturated rings. The van der Waals surface area contributed by atoms with Crippen molar-refractivity contribution >= 4 is 56.5 Å². The Hall–Kier alpha value is -4.92. The van der Waals surface area contributed by atoms with E-state index < -0.39 is 5.25 Å². The Bertz CT molecular complexity index is 1870. The van der Waals surface area contributed by atoms with Crippen LogP contribution in [0.3, 0.4) is 0 Å². The van der Waals surface area contributed by atoms with Crippen LogP contribution in [-0.4, -0.2) is 23.9 Å². The molecule has 0 aliphatic heterocycles. The van der Waals surface area contributed by atoms with Crippen LogP contribution >= 0.6 is 23.1 Å². The lowest BCUT2D eigenvalue weighted by molar-refractivity contribution is -0.115. The second-order valence-electron chi connectivity index (χ2n) is 9.70. The molecule has 0 aliphatic rings. The number of ether oxygens (including phenoxy) is 1. The minimum Gasteiger partial charge on any atom is -0.497 e. The molecule has 212 valence electrons. The maximum absolute atomic E-state index is 13.6. The fourth-order valence-corrected chi connectivity index (χ4v) is 6.33. The molecule has 1 heterocycles. The second kappa shape index (κ2) is 12.9. The third-order valence-electron chi connectivity index (χ3n) is 6.84. The van der Waals surface area contributed by atoms with Gasteiger partial charge in [-0.25, -0.2) is 4.98 Å². The number of nitrogens with one attached hydrogen (secondary N) is 2. The number of thioether (sulfide) groups is 1. The van der Waals surface area contributed by atoms with E-state index >= 15 is 0 Å². The quantitative estimate of drug-likeness (QED) is 0.162. The second-order valence-corrected chi connectivity index (χ2v) is 11.7. The van der Waals surface area contributed by atoms with Gasteiger partial charge in [0.05, 0.1) is 12.8 Å². The molecule has 0 saturated carbocycles. The van der Waals surface area contributed by atoms with Crippen molar-refractivity contribution in [3.63, 3.8) is 0 Å². The van der Waals surface area contributed by atoms with Crippen molar-refractivity contribution in [2.75, 3.05) is 17.7 Å². The van der Waals surface area contributed by atoms with Crippen molar-refractivity contribution in [1.29, 1.82) is 0 Å². The Morgan fingerprint density at radius 2 is 1.51 bits per heavy atom. The number of thiazole rings is 1. The fourth-order valence-electron chi connectivity index (χ4n) is 4.58. The summed E-state index contributed by atoms with van der Waals surface area (Å²) in [6, 6.07) is 38.5. The van der Waals surface area contributed by atoms with Crippen LogP contribution < -0.4 is 15.4 Å². The molecular formula is C35H27N3O3S2. The first-order chi connectivity index (χ1) is 21.1. The van der Waals surface area contributed by atoms with Crippen LogP contribution in [0, 0.1) is 0 Å². The number of nitrogens with zero attached hydrogens (tertiary/aromatic N) is 1. The van der Waals surface area contributed by atoms with E-state index in [0.29, 0.717) is 16.4 Å². The molecule has 8 heteroatoms. The minimum absolute atomic E-state index is 0.166. The molecule has 6 nitrogen and oxygen atoms in total. The van der Waals surface area contributed by atoms with Crippen LogP contribution in [0.25, 0.3) is 22.0 Å². The molecule has 1 unspecified atom stereocenters. The Kier molecular flexibility index (Phi) is 8.49. The first-order valence-corrected chi connectivity index (χ1v) is 15.3. The highest BCUT2D eigenvalue weighted by Crippen LogP contribution is 2.37. The fraction of sp³-hybridized carbons (Fsp3) is 0.0571. The molecule has 2 amide bonds. The highest BCUT2D eigenvalue weighted by atomic mass is 32.2. The average Bonchev–Trinajstić information content (AvgIpc) is 3.53. The van der Waals surface area contributed by atoms with Crippen LogP contribution in [-0.2, 0) is 4.79 Å². The Labute approximate surface area is 257 Å². The molecule has 43 heavy (non-hydrogen) atoms. The summed E-state index contributed by atoms with van der Waals surface area (Å²) in [5.74, 6) is 0.432. The first-order valence-electron chi connectivity index (χ1n) is 13.6. The molecule has 1 aromatic heterocycles. The van der Waals surface area contributed by atoms with Gasteiger partial charge in [-0.05, 0) is 77.0 Å². The molecule has 5 aromatic carbocycles. The molecular weight excluding hydrogens is 575 g/mol. The topological polar surface area (TPSA) is 80.3 Å². The Morgan fingerprint density at radius 1 is 0.791 bits per heavy atom. The van der Waals surface area contributed by atoms with Crippen molar-refractivity contribution in [3.8, 4) is 17.0 Å². The standard InChI is InChI=1S/C35H27N3O3S2/c1-41-29-17-13-24(14-18-29)31-22-42-35(37-31)38-34(40)32(25-8-3-2-4-9-25)43-30-19-15-28(16-20-30)36-33(39)27-12-11-23-7-5-6-10-26(23)21-27/h2-22,32H,1H3,(H,36,39)(H,37,38,40). The summed E-state index contributed by atoms with van der Waals surface area (Å²) < 4.78 is 5.24. The van der Waals surface area contributed by atoms with Gasteiger partial charge in [-0.3, -0.25) is 9.59 Å². The lowest BCUT2D eigenvalue weighted by Crippen LogP contribution is -2.19. The number of fused-ring (bicyclic) bond motifs is 1. The summed E-state index contributed by atoms with van der Waals surface area (Å²) in [4.78, 5) is 32.0. The van der Waals surface area contributed by atoms with Crippen LogP contribution in [0.1, 0.15) is 21.2 Å². The van der Waals surface area contributed by atoms with Gasteiger partial charge in [-0.2, -0.15) is 0 Å². The Morgan fingerprint density at radius 3 is 2.26 bits per heavy atom. The molecule has 0 spiro atoms. The number of methoxy groups -OCH3 is 1. The lowest BCUT2D eigenvalue weighted by Gasteiger charge is -2.16. The molecule has 6 rings (SSSR count). The number of amides is 2. The third-order valence-corrected chi connectivity index (χ3v) is 8.86. The summed E-state index contributed by atoms with van der Waals surface area (Å²) in [6.07, 6.45) is 0. The molecule has 2 N–H and O–H groups in total.